The lowest BCUT2D eigenvalue weighted by Crippen LogP contribution is -2.36. The van der Waals surface area contributed by atoms with Crippen molar-refractivity contribution in [1.82, 2.24) is 20.3 Å². The Bertz CT molecular complexity index is 1030. The third-order valence-corrected chi connectivity index (χ3v) is 4.40. The first-order chi connectivity index (χ1) is 11.0. The summed E-state index contributed by atoms with van der Waals surface area (Å²) in [5.41, 5.74) is 1.48. The average Bonchev–Trinajstić information content (AvgIpc) is 2.85. The van der Waals surface area contributed by atoms with Gasteiger partial charge in [0.2, 0.25) is 5.88 Å². The van der Waals surface area contributed by atoms with E-state index in [1.807, 2.05) is 12.1 Å². The van der Waals surface area contributed by atoms with Crippen molar-refractivity contribution in [3.63, 3.8) is 0 Å². The molecule has 0 spiro atoms. The predicted octanol–water partition coefficient (Wildman–Crippen LogP) is 1.14. The lowest BCUT2D eigenvalue weighted by atomic mass is 9.95. The molecule has 0 unspecified atom stereocenters. The van der Waals surface area contributed by atoms with Crippen molar-refractivity contribution in [2.45, 2.75) is 12.5 Å². The fourth-order valence-electron chi connectivity index (χ4n) is 3.20. The first kappa shape index (κ1) is 14.1. The Morgan fingerprint density at radius 1 is 1.17 bits per heavy atom. The molecule has 1 atom stereocenters. The van der Waals surface area contributed by atoms with E-state index in [4.69, 9.17) is 11.6 Å². The molecule has 0 amide bonds. The van der Waals surface area contributed by atoms with E-state index in [0.717, 1.165) is 28.6 Å². The lowest BCUT2D eigenvalue weighted by Gasteiger charge is -2.24. The summed E-state index contributed by atoms with van der Waals surface area (Å²) in [4.78, 5) is 31.0. The van der Waals surface area contributed by atoms with E-state index in [0.29, 0.717) is 11.6 Å². The van der Waals surface area contributed by atoms with Crippen molar-refractivity contribution in [3.8, 4) is 5.88 Å². The van der Waals surface area contributed by atoms with Gasteiger partial charge in [0.15, 0.2) is 0 Å². The molecular weight excluding hydrogens is 320 g/mol. The summed E-state index contributed by atoms with van der Waals surface area (Å²) in [6.45, 7) is 0.634. The van der Waals surface area contributed by atoms with Gasteiger partial charge in [0, 0.05) is 28.2 Å². The third-order valence-electron chi connectivity index (χ3n) is 4.16. The lowest BCUT2D eigenvalue weighted by molar-refractivity contribution is 0.425. The summed E-state index contributed by atoms with van der Waals surface area (Å²) >= 11 is 6.08. The molecule has 0 fully saturated rings. The molecule has 0 saturated heterocycles. The standard InChI is InChI=1S/C15H13ClN4O3/c16-6-1-2-9-8(5-6)7-3-4-17-12(11(7)18-9)10-13(21)19-15(23)20-14(10)22/h1-2,5,12,17-18H,3-4H2,(H3,19,20,21,22,23)/t12-/m0/s1. The number of hydrogen-bond donors (Lipinski definition) is 5. The van der Waals surface area contributed by atoms with Gasteiger partial charge in [-0.2, -0.15) is 0 Å². The highest BCUT2D eigenvalue weighted by atomic mass is 35.5. The maximum Gasteiger partial charge on any atom is 0.328 e. The first-order valence-corrected chi connectivity index (χ1v) is 7.51. The molecule has 0 saturated carbocycles. The summed E-state index contributed by atoms with van der Waals surface area (Å²) in [6, 6.07) is 5.01. The van der Waals surface area contributed by atoms with Crippen LogP contribution >= 0.6 is 11.6 Å². The highest BCUT2D eigenvalue weighted by Gasteiger charge is 2.29. The topological polar surface area (TPSA) is 114 Å². The van der Waals surface area contributed by atoms with Crippen LogP contribution in [-0.2, 0) is 6.42 Å². The second kappa shape index (κ2) is 5.00. The number of benzene rings is 1. The van der Waals surface area contributed by atoms with Crippen LogP contribution < -0.4 is 16.6 Å². The van der Waals surface area contributed by atoms with Crippen molar-refractivity contribution < 1.29 is 5.11 Å². The highest BCUT2D eigenvalue weighted by molar-refractivity contribution is 6.31. The van der Waals surface area contributed by atoms with Crippen LogP contribution in [0.1, 0.15) is 22.9 Å². The van der Waals surface area contributed by atoms with Crippen LogP contribution in [-0.4, -0.2) is 26.6 Å². The molecule has 3 aromatic rings. The van der Waals surface area contributed by atoms with Gasteiger partial charge in [-0.15, -0.1) is 0 Å². The maximum absolute atomic E-state index is 12.1. The number of H-pyrrole nitrogens is 3. The summed E-state index contributed by atoms with van der Waals surface area (Å²) in [5.74, 6) is -0.430. The normalized spacial score (nSPS) is 17.3. The van der Waals surface area contributed by atoms with Crippen LogP contribution in [0.5, 0.6) is 5.88 Å². The fourth-order valence-corrected chi connectivity index (χ4v) is 3.37. The second-order valence-electron chi connectivity index (χ2n) is 5.51. The Balaban J connectivity index is 1.97. The van der Waals surface area contributed by atoms with E-state index in [9.17, 15) is 14.7 Å². The van der Waals surface area contributed by atoms with Crippen LogP contribution in [0, 0.1) is 0 Å². The minimum absolute atomic E-state index is 0.0863. The molecule has 2 aromatic heterocycles. The van der Waals surface area contributed by atoms with Gasteiger partial charge in [0.05, 0.1) is 6.04 Å². The Morgan fingerprint density at radius 2 is 2.00 bits per heavy atom. The van der Waals surface area contributed by atoms with Crippen molar-refractivity contribution >= 4 is 22.5 Å². The number of nitrogens with one attached hydrogen (secondary N) is 4. The zero-order chi connectivity index (χ0) is 16.1. The van der Waals surface area contributed by atoms with Crippen LogP contribution in [0.2, 0.25) is 5.02 Å². The average molecular weight is 333 g/mol. The van der Waals surface area contributed by atoms with Crippen molar-refractivity contribution in [2.24, 2.45) is 0 Å². The van der Waals surface area contributed by atoms with Gasteiger partial charge in [-0.05, 0) is 30.2 Å². The molecule has 0 radical (unpaired) electrons. The summed E-state index contributed by atoms with van der Waals surface area (Å²) in [6.07, 6.45) is 0.772. The quantitative estimate of drug-likeness (QED) is 0.460. The van der Waals surface area contributed by atoms with Crippen molar-refractivity contribution in [3.05, 3.63) is 60.9 Å². The van der Waals surface area contributed by atoms with Crippen LogP contribution in [0.3, 0.4) is 0 Å². The van der Waals surface area contributed by atoms with Gasteiger partial charge in [-0.25, -0.2) is 4.79 Å². The third kappa shape index (κ3) is 2.16. The van der Waals surface area contributed by atoms with E-state index in [-0.39, 0.29) is 5.56 Å². The van der Waals surface area contributed by atoms with E-state index < -0.39 is 23.2 Å². The number of aromatic hydroxyl groups is 1. The van der Waals surface area contributed by atoms with Crippen LogP contribution in [0.25, 0.3) is 10.9 Å². The van der Waals surface area contributed by atoms with Gasteiger partial charge in [-0.3, -0.25) is 14.8 Å². The summed E-state index contributed by atoms with van der Waals surface area (Å²) in [5, 5.41) is 14.9. The van der Waals surface area contributed by atoms with Crippen molar-refractivity contribution in [2.75, 3.05) is 6.54 Å². The molecule has 4 rings (SSSR count). The molecule has 0 aliphatic carbocycles. The van der Waals surface area contributed by atoms with Crippen LogP contribution in [0.15, 0.2) is 27.8 Å². The predicted molar refractivity (Wildman–Crippen MR) is 86.2 cm³/mol. The van der Waals surface area contributed by atoms with E-state index >= 15 is 0 Å². The Kier molecular flexibility index (Phi) is 3.07. The van der Waals surface area contributed by atoms with Gasteiger partial charge in [0.25, 0.3) is 5.56 Å². The molecule has 23 heavy (non-hydrogen) atoms. The molecule has 1 aliphatic heterocycles. The fraction of sp³-hybridized carbons (Fsp3) is 0.200. The van der Waals surface area contributed by atoms with Gasteiger partial charge in [-0.1, -0.05) is 11.6 Å². The minimum Gasteiger partial charge on any atom is -0.494 e. The first-order valence-electron chi connectivity index (χ1n) is 7.13. The maximum atomic E-state index is 12.1. The largest absolute Gasteiger partial charge is 0.494 e. The number of hydrogen-bond acceptors (Lipinski definition) is 4. The number of aromatic nitrogens is 3. The van der Waals surface area contributed by atoms with E-state index in [1.54, 1.807) is 6.07 Å². The second-order valence-corrected chi connectivity index (χ2v) is 5.95. The van der Waals surface area contributed by atoms with Crippen molar-refractivity contribution in [1.29, 1.82) is 0 Å². The molecule has 1 aliphatic rings. The smallest absolute Gasteiger partial charge is 0.328 e. The SMILES string of the molecule is O=c1[nH]c(O)c([C@@H]2NCCc3c2[nH]c2ccc(Cl)cc32)c(=O)[nH]1. The molecule has 0 bridgehead atoms. The van der Waals surface area contributed by atoms with Crippen LogP contribution in [0.4, 0.5) is 0 Å². The Labute approximate surface area is 134 Å². The summed E-state index contributed by atoms with van der Waals surface area (Å²) in [7, 11) is 0. The van der Waals surface area contributed by atoms with E-state index in [1.165, 1.54) is 0 Å². The highest BCUT2D eigenvalue weighted by Crippen LogP contribution is 2.35. The Hall–Kier alpha value is -2.51. The number of fused-ring (bicyclic) bond motifs is 3. The number of rotatable bonds is 1. The Morgan fingerprint density at radius 3 is 2.78 bits per heavy atom. The van der Waals surface area contributed by atoms with Gasteiger partial charge < -0.3 is 15.4 Å². The number of halogens is 1. The molecule has 118 valence electrons. The zero-order valence-electron chi connectivity index (χ0n) is 11.9. The van der Waals surface area contributed by atoms with Gasteiger partial charge in [0.1, 0.15) is 5.56 Å². The summed E-state index contributed by atoms with van der Waals surface area (Å²) < 4.78 is 0. The zero-order valence-corrected chi connectivity index (χ0v) is 12.6. The molecule has 7 nitrogen and oxygen atoms in total. The minimum atomic E-state index is -0.740. The monoisotopic (exact) mass is 332 g/mol. The molecule has 5 N–H and O–H groups in total. The molecular formula is C15H13ClN4O3. The molecule has 8 heteroatoms. The number of aromatic amines is 3. The van der Waals surface area contributed by atoms with E-state index in [2.05, 4.69) is 20.3 Å². The molecule has 1 aromatic carbocycles. The molecule has 3 heterocycles. The van der Waals surface area contributed by atoms with Gasteiger partial charge >= 0.3 is 5.69 Å².